The quantitative estimate of drug-likeness (QED) is 0.494. The van der Waals surface area contributed by atoms with Crippen LogP contribution in [0.3, 0.4) is 0 Å². The Labute approximate surface area is 60.8 Å². The normalized spacial score (nSPS) is 52.2. The molecule has 0 radical (unpaired) electrons. The highest BCUT2D eigenvalue weighted by molar-refractivity contribution is 5.02. The van der Waals surface area contributed by atoms with Crippen molar-refractivity contribution in [2.24, 2.45) is 11.7 Å². The predicted molar refractivity (Wildman–Crippen MR) is 38.6 cm³/mol. The summed E-state index contributed by atoms with van der Waals surface area (Å²) in [6.45, 7) is 3.45. The van der Waals surface area contributed by atoms with E-state index in [0.717, 1.165) is 26.1 Å². The van der Waals surface area contributed by atoms with Gasteiger partial charge in [-0.15, -0.1) is 0 Å². The van der Waals surface area contributed by atoms with Gasteiger partial charge in [0.1, 0.15) is 0 Å². The van der Waals surface area contributed by atoms with Crippen molar-refractivity contribution in [3.05, 3.63) is 0 Å². The molecule has 3 atom stereocenters. The summed E-state index contributed by atoms with van der Waals surface area (Å²) in [6, 6.07) is 0. The molecule has 3 nitrogen and oxygen atoms in total. The summed E-state index contributed by atoms with van der Waals surface area (Å²) >= 11 is 0. The van der Waals surface area contributed by atoms with Crippen LogP contribution in [0.5, 0.6) is 0 Å². The molecular formula is C7H14N2O. The monoisotopic (exact) mass is 142 g/mol. The molecule has 1 unspecified atom stereocenters. The molecule has 3 N–H and O–H groups in total. The predicted octanol–water partition coefficient (Wildman–Crippen LogP) is -0.988. The second-order valence-electron chi connectivity index (χ2n) is 3.53. The molecule has 2 rings (SSSR count). The van der Waals surface area contributed by atoms with Crippen LogP contribution in [0.1, 0.15) is 6.42 Å². The minimum atomic E-state index is -0.543. The van der Waals surface area contributed by atoms with Gasteiger partial charge in [-0.3, -0.25) is 0 Å². The van der Waals surface area contributed by atoms with Gasteiger partial charge >= 0.3 is 0 Å². The summed E-state index contributed by atoms with van der Waals surface area (Å²) < 4.78 is 0. The Kier molecular flexibility index (Phi) is 1.27. The summed E-state index contributed by atoms with van der Waals surface area (Å²) in [6.07, 6.45) is 1.13. The van der Waals surface area contributed by atoms with Crippen molar-refractivity contribution in [1.82, 2.24) is 4.90 Å². The van der Waals surface area contributed by atoms with Gasteiger partial charge in [0.15, 0.2) is 0 Å². The minimum absolute atomic E-state index is 0.425. The van der Waals surface area contributed by atoms with Crippen LogP contribution in [0.4, 0.5) is 0 Å². The fourth-order valence-electron chi connectivity index (χ4n) is 2.16. The van der Waals surface area contributed by atoms with E-state index in [9.17, 15) is 5.11 Å². The summed E-state index contributed by atoms with van der Waals surface area (Å²) in [5, 5.41) is 9.82. The van der Waals surface area contributed by atoms with Crippen molar-refractivity contribution < 1.29 is 5.11 Å². The lowest BCUT2D eigenvalue weighted by molar-refractivity contribution is 0.00354. The Morgan fingerprint density at radius 3 is 2.80 bits per heavy atom. The zero-order chi connectivity index (χ0) is 7.19. The first kappa shape index (κ1) is 6.58. The zero-order valence-corrected chi connectivity index (χ0v) is 6.08. The minimum Gasteiger partial charge on any atom is -0.387 e. The molecule has 3 heteroatoms. The van der Waals surface area contributed by atoms with E-state index in [-0.39, 0.29) is 0 Å². The largest absolute Gasteiger partial charge is 0.387 e. The maximum Gasteiger partial charge on any atom is 0.0936 e. The van der Waals surface area contributed by atoms with Crippen LogP contribution in [-0.4, -0.2) is 41.8 Å². The van der Waals surface area contributed by atoms with Crippen molar-refractivity contribution in [3.8, 4) is 0 Å². The number of fused-ring (bicyclic) bond motifs is 2. The second-order valence-corrected chi connectivity index (χ2v) is 3.53. The Morgan fingerprint density at radius 2 is 2.50 bits per heavy atom. The fourth-order valence-corrected chi connectivity index (χ4v) is 2.16. The van der Waals surface area contributed by atoms with Crippen molar-refractivity contribution in [2.75, 3.05) is 26.2 Å². The van der Waals surface area contributed by atoms with Gasteiger partial charge in [0.05, 0.1) is 5.60 Å². The van der Waals surface area contributed by atoms with E-state index < -0.39 is 5.60 Å². The highest BCUT2D eigenvalue weighted by atomic mass is 16.3. The van der Waals surface area contributed by atoms with Crippen LogP contribution in [0.25, 0.3) is 0 Å². The van der Waals surface area contributed by atoms with Crippen LogP contribution in [0, 0.1) is 5.92 Å². The first-order chi connectivity index (χ1) is 4.74. The van der Waals surface area contributed by atoms with Gasteiger partial charge in [-0.2, -0.15) is 0 Å². The Hall–Kier alpha value is -0.120. The molecule has 2 aliphatic heterocycles. The molecule has 0 amide bonds. The van der Waals surface area contributed by atoms with Gasteiger partial charge in [0.25, 0.3) is 0 Å². The Morgan fingerprint density at radius 1 is 1.70 bits per heavy atom. The van der Waals surface area contributed by atoms with Gasteiger partial charge in [0, 0.05) is 25.6 Å². The van der Waals surface area contributed by atoms with E-state index in [1.54, 1.807) is 0 Å². The van der Waals surface area contributed by atoms with Gasteiger partial charge in [-0.05, 0) is 13.0 Å². The second kappa shape index (κ2) is 1.94. The summed E-state index contributed by atoms with van der Waals surface area (Å²) in [4.78, 5) is 2.29. The lowest BCUT2D eigenvalue weighted by Gasteiger charge is -2.30. The number of aliphatic hydroxyl groups is 1. The van der Waals surface area contributed by atoms with Gasteiger partial charge < -0.3 is 15.7 Å². The molecule has 2 heterocycles. The maximum absolute atomic E-state index is 9.82. The first-order valence-corrected chi connectivity index (χ1v) is 3.89. The highest BCUT2D eigenvalue weighted by Crippen LogP contribution is 2.35. The smallest absolute Gasteiger partial charge is 0.0936 e. The number of hydrogen-bond donors (Lipinski definition) is 2. The third-order valence-corrected chi connectivity index (χ3v) is 2.88. The van der Waals surface area contributed by atoms with Crippen LogP contribution in [-0.2, 0) is 0 Å². The lowest BCUT2D eigenvalue weighted by atomic mass is 9.88. The summed E-state index contributed by atoms with van der Waals surface area (Å²) in [7, 11) is 0. The van der Waals surface area contributed by atoms with E-state index in [2.05, 4.69) is 4.90 Å². The van der Waals surface area contributed by atoms with Crippen molar-refractivity contribution in [1.29, 1.82) is 0 Å². The molecule has 2 aliphatic rings. The molecule has 0 aliphatic carbocycles. The Bertz CT molecular complexity index is 151. The summed E-state index contributed by atoms with van der Waals surface area (Å²) in [5.41, 5.74) is 4.93. The van der Waals surface area contributed by atoms with Crippen molar-refractivity contribution >= 4 is 0 Å². The number of nitrogens with zero attached hydrogens (tertiary/aromatic N) is 1. The van der Waals surface area contributed by atoms with E-state index in [1.165, 1.54) is 0 Å². The molecule has 0 aromatic rings. The molecule has 0 spiro atoms. The molecular weight excluding hydrogens is 128 g/mol. The van der Waals surface area contributed by atoms with Crippen LogP contribution >= 0.6 is 0 Å². The van der Waals surface area contributed by atoms with Gasteiger partial charge in [-0.1, -0.05) is 0 Å². The molecule has 2 saturated heterocycles. The zero-order valence-electron chi connectivity index (χ0n) is 6.08. The molecule has 2 bridgehead atoms. The molecule has 58 valence electrons. The third kappa shape index (κ3) is 0.713. The summed E-state index contributed by atoms with van der Waals surface area (Å²) in [5.74, 6) is 0.456. The van der Waals surface area contributed by atoms with Crippen molar-refractivity contribution in [3.63, 3.8) is 0 Å². The topological polar surface area (TPSA) is 49.5 Å². The number of hydrogen-bond acceptors (Lipinski definition) is 3. The Balaban J connectivity index is 2.14. The van der Waals surface area contributed by atoms with Gasteiger partial charge in [-0.25, -0.2) is 0 Å². The standard InChI is InChI=1S/C7H14N2O/c8-4-7(10)5-9-2-1-6(7)3-9/h6,10H,1-5,8H2/t6-,7+/m0/s1. The molecule has 0 aromatic heterocycles. The van der Waals surface area contributed by atoms with Crippen LogP contribution in [0.15, 0.2) is 0 Å². The van der Waals surface area contributed by atoms with Gasteiger partial charge in [0.2, 0.25) is 0 Å². The average Bonchev–Trinajstić information content (AvgIpc) is 2.46. The van der Waals surface area contributed by atoms with E-state index in [4.69, 9.17) is 5.73 Å². The molecule has 0 aromatic carbocycles. The number of rotatable bonds is 1. The average molecular weight is 142 g/mol. The maximum atomic E-state index is 9.82. The first-order valence-electron chi connectivity index (χ1n) is 3.89. The SMILES string of the molecule is NC[C@@]1(O)CN2CC[C@H]1C2. The third-order valence-electron chi connectivity index (χ3n) is 2.88. The van der Waals surface area contributed by atoms with Crippen LogP contribution in [0.2, 0.25) is 0 Å². The lowest BCUT2D eigenvalue weighted by Crippen LogP contribution is -2.48. The molecule has 10 heavy (non-hydrogen) atoms. The molecule has 2 fully saturated rings. The van der Waals surface area contributed by atoms with E-state index in [1.807, 2.05) is 0 Å². The van der Waals surface area contributed by atoms with Crippen LogP contribution < -0.4 is 5.73 Å². The highest BCUT2D eigenvalue weighted by Gasteiger charge is 2.47. The number of piperidine rings is 1. The molecule has 0 saturated carbocycles. The van der Waals surface area contributed by atoms with Crippen molar-refractivity contribution in [2.45, 2.75) is 12.0 Å². The fraction of sp³-hybridized carbons (Fsp3) is 1.00. The van der Waals surface area contributed by atoms with E-state index in [0.29, 0.717) is 12.5 Å². The van der Waals surface area contributed by atoms with E-state index >= 15 is 0 Å². The number of nitrogens with two attached hydrogens (primary N) is 1.